The molecule has 1 aliphatic rings. The molecule has 0 unspecified atom stereocenters. The zero-order valence-corrected chi connectivity index (χ0v) is 19.2. The molecule has 0 radical (unpaired) electrons. The molecule has 1 fully saturated rings. The number of ether oxygens (including phenoxy) is 2. The number of nitrogens with one attached hydrogen (secondary N) is 1. The van der Waals surface area contributed by atoms with E-state index in [9.17, 15) is 27.5 Å². The van der Waals surface area contributed by atoms with Crippen molar-refractivity contribution in [3.8, 4) is 17.1 Å². The van der Waals surface area contributed by atoms with Crippen LogP contribution in [-0.2, 0) is 4.74 Å². The van der Waals surface area contributed by atoms with E-state index >= 15 is 0 Å². The minimum Gasteiger partial charge on any atom is -0.447 e. The number of cyclic esters (lactones) is 1. The highest BCUT2D eigenvalue weighted by atomic mass is 35.5. The largest absolute Gasteiger partial charge is 0.573 e. The van der Waals surface area contributed by atoms with Crippen LogP contribution in [0.15, 0.2) is 28.9 Å². The van der Waals surface area contributed by atoms with Gasteiger partial charge in [-0.05, 0) is 32.0 Å². The lowest BCUT2D eigenvalue weighted by atomic mass is 10.2. The fourth-order valence-corrected chi connectivity index (χ4v) is 3.42. The predicted molar refractivity (Wildman–Crippen MR) is 115 cm³/mol. The summed E-state index contributed by atoms with van der Waals surface area (Å²) in [6, 6.07) is 1.97. The van der Waals surface area contributed by atoms with Gasteiger partial charge in [0.05, 0.1) is 17.3 Å². The van der Waals surface area contributed by atoms with Crippen molar-refractivity contribution in [2.45, 2.75) is 38.4 Å². The molecule has 1 aliphatic heterocycles. The number of halogens is 5. The van der Waals surface area contributed by atoms with Gasteiger partial charge in [0.25, 0.3) is 0 Å². The van der Waals surface area contributed by atoms with E-state index in [0.717, 1.165) is 17.2 Å². The third-order valence-corrected chi connectivity index (χ3v) is 5.30. The number of hydrogen-bond donors (Lipinski definition) is 2. The van der Waals surface area contributed by atoms with E-state index in [1.54, 1.807) is 6.92 Å². The molecular weight excluding hydrogens is 516 g/mol. The third-order valence-electron chi connectivity index (χ3n) is 4.99. The molecule has 4 rings (SSSR count). The van der Waals surface area contributed by atoms with Crippen molar-refractivity contribution in [3.63, 3.8) is 0 Å². The van der Waals surface area contributed by atoms with Crippen LogP contribution in [0, 0.1) is 5.82 Å². The fraction of sp³-hybridized carbons (Fsp3) is 0.350. The van der Waals surface area contributed by atoms with Crippen molar-refractivity contribution in [3.05, 3.63) is 41.1 Å². The Labute approximate surface area is 205 Å². The van der Waals surface area contributed by atoms with Gasteiger partial charge in [-0.1, -0.05) is 16.8 Å². The van der Waals surface area contributed by atoms with E-state index in [1.807, 2.05) is 0 Å². The van der Waals surface area contributed by atoms with Gasteiger partial charge >= 0.3 is 12.5 Å². The first-order valence-electron chi connectivity index (χ1n) is 10.3. The summed E-state index contributed by atoms with van der Waals surface area (Å²) in [6.45, 7) is 2.85. The second-order valence-electron chi connectivity index (χ2n) is 7.64. The van der Waals surface area contributed by atoms with Crippen molar-refractivity contribution in [1.29, 1.82) is 0 Å². The number of hydrogen-bond acceptors (Lipinski definition) is 10. The van der Waals surface area contributed by atoms with E-state index in [0.29, 0.717) is 0 Å². The average molecular weight is 533 g/mol. The Hall–Kier alpha value is -3.72. The summed E-state index contributed by atoms with van der Waals surface area (Å²) in [4.78, 5) is 25.0. The Kier molecular flexibility index (Phi) is 6.86. The van der Waals surface area contributed by atoms with Gasteiger partial charge in [-0.3, -0.25) is 0 Å². The van der Waals surface area contributed by atoms with Gasteiger partial charge in [0.2, 0.25) is 17.7 Å². The minimum atomic E-state index is -4.95. The van der Waals surface area contributed by atoms with Crippen LogP contribution in [-0.4, -0.2) is 56.4 Å². The highest BCUT2D eigenvalue weighted by Crippen LogP contribution is 2.34. The van der Waals surface area contributed by atoms with Crippen LogP contribution in [0.3, 0.4) is 0 Å². The molecule has 16 heteroatoms. The second kappa shape index (κ2) is 9.73. The highest BCUT2D eigenvalue weighted by molar-refractivity contribution is 6.32. The van der Waals surface area contributed by atoms with Gasteiger partial charge in [0.1, 0.15) is 24.4 Å². The number of carbonyl (C=O) groups is 1. The predicted octanol–water partition coefficient (Wildman–Crippen LogP) is 4.10. The number of nitrogens with zero attached hydrogens (tertiary/aromatic N) is 5. The summed E-state index contributed by atoms with van der Waals surface area (Å²) in [7, 11) is 0. The normalized spacial score (nSPS) is 17.6. The summed E-state index contributed by atoms with van der Waals surface area (Å²) in [6.07, 6.45) is -6.01. The number of carbonyl (C=O) groups excluding carboxylic acids is 1. The van der Waals surface area contributed by atoms with Gasteiger partial charge in [-0.15, -0.1) is 13.2 Å². The van der Waals surface area contributed by atoms with E-state index in [-0.39, 0.29) is 34.9 Å². The standard InChI is InChI=1S/C20H17ClF4N6O5/c1-8(17-28-15(30-36-17)10-3-4-11(21)14(5-10)35-20(23,24)25)27-18-26-6-12(22)16(29-18)31-13(9(2)32)7-34-19(31)33/h3-6,8-9,13,32H,7H2,1-2H3,(H,26,27,29)/t8-,9+,13+/m0/s1. The van der Waals surface area contributed by atoms with E-state index in [4.69, 9.17) is 20.9 Å². The van der Waals surface area contributed by atoms with Gasteiger partial charge in [-0.2, -0.15) is 9.97 Å². The molecule has 1 amide bonds. The highest BCUT2D eigenvalue weighted by Gasteiger charge is 2.40. The molecule has 0 spiro atoms. The van der Waals surface area contributed by atoms with E-state index in [1.165, 1.54) is 19.1 Å². The smallest absolute Gasteiger partial charge is 0.447 e. The molecular formula is C20H17ClF4N6O5. The van der Waals surface area contributed by atoms with Crippen LogP contribution in [0.2, 0.25) is 5.02 Å². The Morgan fingerprint density at radius 3 is 2.75 bits per heavy atom. The molecule has 3 heterocycles. The minimum absolute atomic E-state index is 0.00449. The molecule has 192 valence electrons. The molecule has 0 saturated carbocycles. The maximum absolute atomic E-state index is 14.4. The number of amides is 1. The first-order valence-corrected chi connectivity index (χ1v) is 10.6. The molecule has 11 nitrogen and oxygen atoms in total. The number of aromatic nitrogens is 4. The molecule has 2 N–H and O–H groups in total. The van der Waals surface area contributed by atoms with Gasteiger partial charge in [0, 0.05) is 5.56 Å². The summed E-state index contributed by atoms with van der Waals surface area (Å²) in [5.74, 6) is -2.13. The molecule has 0 bridgehead atoms. The first-order chi connectivity index (χ1) is 16.9. The summed E-state index contributed by atoms with van der Waals surface area (Å²) >= 11 is 5.76. The molecule has 1 aromatic carbocycles. The van der Waals surface area contributed by atoms with Crippen molar-refractivity contribution in [1.82, 2.24) is 20.1 Å². The first kappa shape index (κ1) is 25.4. The molecule has 36 heavy (non-hydrogen) atoms. The molecule has 3 aromatic rings. The lowest BCUT2D eigenvalue weighted by Gasteiger charge is -2.23. The second-order valence-corrected chi connectivity index (χ2v) is 8.04. The van der Waals surface area contributed by atoms with Crippen LogP contribution < -0.4 is 15.0 Å². The van der Waals surface area contributed by atoms with Crippen molar-refractivity contribution < 1.29 is 41.5 Å². The number of aliphatic hydroxyl groups excluding tert-OH is 1. The molecule has 3 atom stereocenters. The van der Waals surface area contributed by atoms with Crippen LogP contribution in [0.1, 0.15) is 25.8 Å². The van der Waals surface area contributed by atoms with Gasteiger partial charge in [0.15, 0.2) is 11.6 Å². The average Bonchev–Trinajstić information content (AvgIpc) is 3.43. The van der Waals surface area contributed by atoms with Crippen LogP contribution in [0.4, 0.5) is 34.1 Å². The number of benzene rings is 1. The molecule has 1 saturated heterocycles. The van der Waals surface area contributed by atoms with E-state index < -0.39 is 48.0 Å². The SMILES string of the molecule is C[C@H](Nc1ncc(F)c(N2C(=O)OC[C@@H]2[C@@H](C)O)n1)c1nc(-c2ccc(Cl)c(OC(F)(F)F)c2)no1. The maximum atomic E-state index is 14.4. The zero-order chi connectivity index (χ0) is 26.2. The summed E-state index contributed by atoms with van der Waals surface area (Å²) in [5.41, 5.74) is 0.137. The summed E-state index contributed by atoms with van der Waals surface area (Å²) in [5, 5.41) is 16.2. The van der Waals surface area contributed by atoms with E-state index in [2.05, 4.69) is 30.2 Å². The topological polar surface area (TPSA) is 136 Å². The summed E-state index contributed by atoms with van der Waals surface area (Å²) < 4.78 is 66.2. The van der Waals surface area contributed by atoms with Crippen LogP contribution in [0.5, 0.6) is 5.75 Å². The molecule has 2 aromatic heterocycles. The van der Waals surface area contributed by atoms with Gasteiger partial charge < -0.3 is 24.4 Å². The number of anilines is 2. The lowest BCUT2D eigenvalue weighted by molar-refractivity contribution is -0.274. The number of alkyl halides is 3. The van der Waals surface area contributed by atoms with Crippen molar-refractivity contribution in [2.75, 3.05) is 16.8 Å². The Morgan fingerprint density at radius 1 is 1.31 bits per heavy atom. The maximum Gasteiger partial charge on any atom is 0.573 e. The van der Waals surface area contributed by atoms with Crippen molar-refractivity contribution >= 4 is 29.5 Å². The van der Waals surface area contributed by atoms with Crippen LogP contribution >= 0.6 is 11.6 Å². The number of rotatable bonds is 7. The van der Waals surface area contributed by atoms with Crippen LogP contribution in [0.25, 0.3) is 11.4 Å². The Morgan fingerprint density at radius 2 is 2.06 bits per heavy atom. The third kappa shape index (κ3) is 5.41. The fourth-order valence-electron chi connectivity index (χ4n) is 3.26. The monoisotopic (exact) mass is 532 g/mol. The zero-order valence-electron chi connectivity index (χ0n) is 18.5. The van der Waals surface area contributed by atoms with Crippen molar-refractivity contribution in [2.24, 2.45) is 0 Å². The Balaban J connectivity index is 1.53. The lowest BCUT2D eigenvalue weighted by Crippen LogP contribution is -2.42. The van der Waals surface area contributed by atoms with Gasteiger partial charge in [-0.25, -0.2) is 19.1 Å². The molecule has 0 aliphatic carbocycles. The Bertz CT molecular complexity index is 1270. The number of aliphatic hydroxyl groups is 1. The quantitative estimate of drug-likeness (QED) is 0.428.